The maximum Gasteiger partial charge on any atom is 0.0108 e. The van der Waals surface area contributed by atoms with Crippen LogP contribution in [0, 0.1) is 12.8 Å². The molecule has 2 N–H and O–H groups in total. The molecule has 1 heteroatoms. The molecule has 0 bridgehead atoms. The molecule has 0 aromatic heterocycles. The van der Waals surface area contributed by atoms with E-state index in [0.717, 1.165) is 5.92 Å². The summed E-state index contributed by atoms with van der Waals surface area (Å²) in [6, 6.07) is 9.30. The van der Waals surface area contributed by atoms with E-state index in [0.29, 0.717) is 12.0 Å². The fraction of sp³-hybridized carbons (Fsp3) is 0.600. The second kappa shape index (κ2) is 5.01. The molecule has 0 aliphatic heterocycles. The molecular weight excluding hydrogens is 194 g/mol. The van der Waals surface area contributed by atoms with Crippen molar-refractivity contribution in [3.63, 3.8) is 0 Å². The second-order valence-electron chi connectivity index (χ2n) is 5.27. The predicted molar refractivity (Wildman–Crippen MR) is 69.5 cm³/mol. The van der Waals surface area contributed by atoms with Crippen LogP contribution >= 0.6 is 0 Å². The van der Waals surface area contributed by atoms with E-state index < -0.39 is 0 Å². The van der Waals surface area contributed by atoms with E-state index in [1.165, 1.54) is 36.8 Å². The Kier molecular flexibility index (Phi) is 3.65. The Hall–Kier alpha value is -0.820. The van der Waals surface area contributed by atoms with Gasteiger partial charge in [-0.2, -0.15) is 0 Å². The molecular formula is C15H23N. The van der Waals surface area contributed by atoms with Crippen molar-refractivity contribution in [3.8, 4) is 0 Å². The lowest BCUT2D eigenvalue weighted by Crippen LogP contribution is -2.34. The van der Waals surface area contributed by atoms with Gasteiger partial charge >= 0.3 is 0 Å². The van der Waals surface area contributed by atoms with Gasteiger partial charge in [0.15, 0.2) is 0 Å². The van der Waals surface area contributed by atoms with Crippen molar-refractivity contribution in [2.75, 3.05) is 0 Å². The van der Waals surface area contributed by atoms with E-state index in [1.54, 1.807) is 0 Å². The monoisotopic (exact) mass is 217 g/mol. The highest BCUT2D eigenvalue weighted by atomic mass is 14.7. The summed E-state index contributed by atoms with van der Waals surface area (Å²) in [6.07, 6.45) is 5.09. The molecule has 1 nitrogen and oxygen atoms in total. The van der Waals surface area contributed by atoms with Crippen molar-refractivity contribution in [1.29, 1.82) is 0 Å². The van der Waals surface area contributed by atoms with Gasteiger partial charge in [-0.15, -0.1) is 0 Å². The van der Waals surface area contributed by atoms with Crippen molar-refractivity contribution < 1.29 is 0 Å². The summed E-state index contributed by atoms with van der Waals surface area (Å²) >= 11 is 0. The molecule has 1 aromatic carbocycles. The Morgan fingerprint density at radius 2 is 1.88 bits per heavy atom. The van der Waals surface area contributed by atoms with Gasteiger partial charge in [0.1, 0.15) is 0 Å². The number of rotatable bonds is 2. The molecule has 88 valence electrons. The lowest BCUT2D eigenvalue weighted by atomic mass is 9.74. The highest BCUT2D eigenvalue weighted by molar-refractivity contribution is 5.26. The predicted octanol–water partition coefficient (Wildman–Crippen LogP) is 3.62. The van der Waals surface area contributed by atoms with Gasteiger partial charge in [-0.3, -0.25) is 0 Å². The van der Waals surface area contributed by atoms with E-state index >= 15 is 0 Å². The number of benzene rings is 1. The maximum atomic E-state index is 6.27. The Balaban J connectivity index is 2.14. The highest BCUT2D eigenvalue weighted by Crippen LogP contribution is 2.36. The smallest absolute Gasteiger partial charge is 0.0108 e. The van der Waals surface area contributed by atoms with Crippen molar-refractivity contribution in [3.05, 3.63) is 35.4 Å². The SMILES string of the molecule is CCC1CCC(N)C(c2ccc(C)cc2)C1. The standard InChI is InChI=1S/C15H23N/c1-3-12-6-9-15(16)14(10-12)13-7-4-11(2)5-8-13/h4-5,7-8,12,14-15H,3,6,9-10,16H2,1-2H3. The van der Waals surface area contributed by atoms with Crippen LogP contribution in [0.4, 0.5) is 0 Å². The van der Waals surface area contributed by atoms with Crippen molar-refractivity contribution in [2.45, 2.75) is 51.5 Å². The molecule has 3 atom stereocenters. The van der Waals surface area contributed by atoms with Crippen LogP contribution in [0.1, 0.15) is 49.7 Å². The molecule has 3 unspecified atom stereocenters. The summed E-state index contributed by atoms with van der Waals surface area (Å²) < 4.78 is 0. The molecule has 0 saturated heterocycles. The first-order valence-electron chi connectivity index (χ1n) is 6.53. The summed E-state index contributed by atoms with van der Waals surface area (Å²) in [5, 5.41) is 0. The molecule has 1 aromatic rings. The number of hydrogen-bond donors (Lipinski definition) is 1. The van der Waals surface area contributed by atoms with Crippen molar-refractivity contribution in [2.24, 2.45) is 11.7 Å². The van der Waals surface area contributed by atoms with Crippen LogP contribution in [0.2, 0.25) is 0 Å². The molecule has 1 saturated carbocycles. The first-order valence-corrected chi connectivity index (χ1v) is 6.53. The summed E-state index contributed by atoms with van der Waals surface area (Å²) in [4.78, 5) is 0. The third-order valence-corrected chi connectivity index (χ3v) is 4.10. The summed E-state index contributed by atoms with van der Waals surface area (Å²) in [6.45, 7) is 4.44. The Morgan fingerprint density at radius 1 is 1.19 bits per heavy atom. The van der Waals surface area contributed by atoms with Crippen LogP contribution in [0.15, 0.2) is 24.3 Å². The Labute approximate surface area is 99.0 Å². The molecule has 0 spiro atoms. The third kappa shape index (κ3) is 2.46. The zero-order valence-electron chi connectivity index (χ0n) is 10.4. The average Bonchev–Trinajstić information content (AvgIpc) is 2.31. The Morgan fingerprint density at radius 3 is 2.50 bits per heavy atom. The molecule has 2 rings (SSSR count). The quantitative estimate of drug-likeness (QED) is 0.804. The fourth-order valence-electron chi connectivity index (χ4n) is 2.85. The minimum absolute atomic E-state index is 0.366. The average molecular weight is 217 g/mol. The zero-order valence-corrected chi connectivity index (χ0v) is 10.4. The molecule has 0 heterocycles. The lowest BCUT2D eigenvalue weighted by Gasteiger charge is -2.34. The minimum Gasteiger partial charge on any atom is -0.327 e. The van der Waals surface area contributed by atoms with Crippen LogP contribution in [-0.4, -0.2) is 6.04 Å². The molecule has 0 amide bonds. The van der Waals surface area contributed by atoms with Crippen LogP contribution in [0.3, 0.4) is 0 Å². The Bertz CT molecular complexity index is 328. The first kappa shape index (κ1) is 11.7. The minimum atomic E-state index is 0.366. The van der Waals surface area contributed by atoms with E-state index in [9.17, 15) is 0 Å². The molecule has 1 aliphatic rings. The highest BCUT2D eigenvalue weighted by Gasteiger charge is 2.28. The second-order valence-corrected chi connectivity index (χ2v) is 5.27. The van der Waals surface area contributed by atoms with E-state index in [-0.39, 0.29) is 0 Å². The van der Waals surface area contributed by atoms with Gasteiger partial charge in [-0.05, 0) is 43.6 Å². The summed E-state index contributed by atoms with van der Waals surface area (Å²) in [7, 11) is 0. The number of aryl methyl sites for hydroxylation is 1. The van der Waals surface area contributed by atoms with Gasteiger partial charge in [-0.1, -0.05) is 43.2 Å². The largest absolute Gasteiger partial charge is 0.327 e. The van der Waals surface area contributed by atoms with E-state index in [1.807, 2.05) is 0 Å². The van der Waals surface area contributed by atoms with Crippen molar-refractivity contribution in [1.82, 2.24) is 0 Å². The van der Waals surface area contributed by atoms with E-state index in [4.69, 9.17) is 5.73 Å². The van der Waals surface area contributed by atoms with E-state index in [2.05, 4.69) is 38.1 Å². The zero-order chi connectivity index (χ0) is 11.5. The van der Waals surface area contributed by atoms with Crippen LogP contribution in [-0.2, 0) is 0 Å². The first-order chi connectivity index (χ1) is 7.70. The number of nitrogens with two attached hydrogens (primary N) is 1. The normalized spacial score (nSPS) is 30.3. The van der Waals surface area contributed by atoms with Crippen LogP contribution in [0.5, 0.6) is 0 Å². The van der Waals surface area contributed by atoms with Gasteiger partial charge in [0.25, 0.3) is 0 Å². The van der Waals surface area contributed by atoms with Gasteiger partial charge in [-0.25, -0.2) is 0 Å². The van der Waals surface area contributed by atoms with Gasteiger partial charge in [0.2, 0.25) is 0 Å². The van der Waals surface area contributed by atoms with Crippen LogP contribution < -0.4 is 5.73 Å². The lowest BCUT2D eigenvalue weighted by molar-refractivity contribution is 0.282. The fourth-order valence-corrected chi connectivity index (χ4v) is 2.85. The maximum absolute atomic E-state index is 6.27. The summed E-state index contributed by atoms with van der Waals surface area (Å²) in [5.74, 6) is 1.46. The van der Waals surface area contributed by atoms with Crippen molar-refractivity contribution >= 4 is 0 Å². The van der Waals surface area contributed by atoms with Gasteiger partial charge < -0.3 is 5.73 Å². The van der Waals surface area contributed by atoms with Crippen LogP contribution in [0.25, 0.3) is 0 Å². The summed E-state index contributed by atoms with van der Waals surface area (Å²) in [5.41, 5.74) is 9.04. The third-order valence-electron chi connectivity index (χ3n) is 4.10. The number of hydrogen-bond acceptors (Lipinski definition) is 1. The molecule has 1 fully saturated rings. The molecule has 0 radical (unpaired) electrons. The van der Waals surface area contributed by atoms with Gasteiger partial charge in [0.05, 0.1) is 0 Å². The molecule has 1 aliphatic carbocycles. The van der Waals surface area contributed by atoms with Gasteiger partial charge in [0, 0.05) is 6.04 Å². The molecule has 16 heavy (non-hydrogen) atoms. The topological polar surface area (TPSA) is 26.0 Å².